The summed E-state index contributed by atoms with van der Waals surface area (Å²) in [5.74, 6) is -2.20. The molecule has 0 unspecified atom stereocenters. The van der Waals surface area contributed by atoms with Crippen molar-refractivity contribution >= 4 is 18.3 Å². The Morgan fingerprint density at radius 3 is 2.00 bits per heavy atom. The molecule has 0 radical (unpaired) electrons. The van der Waals surface area contributed by atoms with Crippen LogP contribution < -0.4 is 5.73 Å². The molecule has 0 rings (SSSR count). The predicted octanol–water partition coefficient (Wildman–Crippen LogP) is -1.03. The fourth-order valence-electron chi connectivity index (χ4n) is 0.402. The second-order valence-electron chi connectivity index (χ2n) is 2.95. The topological polar surface area (TPSA) is 121 Å². The van der Waals surface area contributed by atoms with Crippen molar-refractivity contribution in [3.05, 3.63) is 0 Å². The summed E-state index contributed by atoms with van der Waals surface area (Å²) in [5.41, 5.74) is 5.00. The lowest BCUT2D eigenvalue weighted by molar-refractivity contribution is -0.139. The maximum Gasteiger partial charge on any atom is 0.320 e. The summed E-state index contributed by atoms with van der Waals surface area (Å²) in [6, 6.07) is -1.06. The molecule has 0 aliphatic rings. The molecule has 0 aliphatic heterocycles. The number of hydrogen-bond acceptors (Lipinski definition) is 4. The average Bonchev–Trinajstić information content (AvgIpc) is 2.14. The number of rotatable bonds is 5. The van der Waals surface area contributed by atoms with Gasteiger partial charge in [-0.2, -0.15) is 0 Å². The first kappa shape index (κ1) is 15.8. The van der Waals surface area contributed by atoms with Gasteiger partial charge in [0.2, 0.25) is 6.41 Å². The molecule has 7 nitrogen and oxygen atoms in total. The van der Waals surface area contributed by atoms with E-state index in [0.29, 0.717) is 0 Å². The van der Waals surface area contributed by atoms with Crippen LogP contribution in [0.5, 0.6) is 0 Å². The number of amides is 1. The maximum absolute atomic E-state index is 9.99. The van der Waals surface area contributed by atoms with Crippen molar-refractivity contribution in [1.82, 2.24) is 4.90 Å². The fraction of sp³-hybridized carbons (Fsp3) is 0.625. The Bertz CT molecular complexity index is 217. The van der Waals surface area contributed by atoms with Crippen LogP contribution in [-0.4, -0.2) is 53.6 Å². The molecule has 0 aromatic rings. The first-order chi connectivity index (χ1) is 6.81. The second-order valence-corrected chi connectivity index (χ2v) is 2.95. The zero-order valence-electron chi connectivity index (χ0n) is 8.71. The van der Waals surface area contributed by atoms with Gasteiger partial charge in [0.25, 0.3) is 0 Å². The molecule has 88 valence electrons. The van der Waals surface area contributed by atoms with Gasteiger partial charge >= 0.3 is 11.9 Å². The third kappa shape index (κ3) is 15.2. The predicted molar refractivity (Wildman–Crippen MR) is 52.2 cm³/mol. The van der Waals surface area contributed by atoms with Crippen molar-refractivity contribution in [1.29, 1.82) is 0 Å². The Hall–Kier alpha value is -1.63. The van der Waals surface area contributed by atoms with Crippen LogP contribution in [0.25, 0.3) is 0 Å². The molecule has 0 fully saturated rings. The van der Waals surface area contributed by atoms with E-state index < -0.39 is 18.0 Å². The SMILES string of the molecule is CN(C)C=O.N[C@@H](CCC(=O)O)C(=O)O. The fourth-order valence-corrected chi connectivity index (χ4v) is 0.402. The van der Waals surface area contributed by atoms with Crippen LogP contribution in [0.1, 0.15) is 12.8 Å². The van der Waals surface area contributed by atoms with Crippen molar-refractivity contribution in [2.24, 2.45) is 5.73 Å². The molecule has 4 N–H and O–H groups in total. The molecule has 15 heavy (non-hydrogen) atoms. The third-order valence-electron chi connectivity index (χ3n) is 1.20. The normalized spacial score (nSPS) is 10.6. The summed E-state index contributed by atoms with van der Waals surface area (Å²) in [7, 11) is 3.38. The Morgan fingerprint density at radius 1 is 1.40 bits per heavy atom. The molecule has 0 heterocycles. The molecule has 0 bridgehead atoms. The number of aliphatic carboxylic acids is 2. The van der Waals surface area contributed by atoms with E-state index >= 15 is 0 Å². The Labute approximate surface area is 87.5 Å². The Morgan fingerprint density at radius 2 is 1.80 bits per heavy atom. The van der Waals surface area contributed by atoms with Crippen molar-refractivity contribution in [2.75, 3.05) is 14.1 Å². The minimum Gasteiger partial charge on any atom is -0.481 e. The number of carboxylic acid groups (broad SMARTS) is 2. The van der Waals surface area contributed by atoms with Crippen LogP contribution in [0.15, 0.2) is 0 Å². The van der Waals surface area contributed by atoms with Crippen LogP contribution in [0.2, 0.25) is 0 Å². The number of nitrogens with two attached hydrogens (primary N) is 1. The largest absolute Gasteiger partial charge is 0.481 e. The van der Waals surface area contributed by atoms with Gasteiger partial charge in [-0.05, 0) is 6.42 Å². The first-order valence-electron chi connectivity index (χ1n) is 4.13. The molecular weight excluding hydrogens is 204 g/mol. The van der Waals surface area contributed by atoms with Gasteiger partial charge in [-0.25, -0.2) is 0 Å². The van der Waals surface area contributed by atoms with Gasteiger partial charge in [-0.3, -0.25) is 14.4 Å². The molecule has 7 heteroatoms. The highest BCUT2D eigenvalue weighted by molar-refractivity contribution is 5.74. The van der Waals surface area contributed by atoms with Gasteiger partial charge in [0.1, 0.15) is 6.04 Å². The summed E-state index contributed by atoms with van der Waals surface area (Å²) < 4.78 is 0. The lowest BCUT2D eigenvalue weighted by Gasteiger charge is -2.01. The summed E-state index contributed by atoms with van der Waals surface area (Å²) >= 11 is 0. The minimum absolute atomic E-state index is 0.0231. The maximum atomic E-state index is 9.99. The van der Waals surface area contributed by atoms with Crippen LogP contribution >= 0.6 is 0 Å². The second kappa shape index (κ2) is 8.95. The zero-order chi connectivity index (χ0) is 12.4. The monoisotopic (exact) mass is 220 g/mol. The molecular formula is C8H16N2O5. The van der Waals surface area contributed by atoms with Gasteiger partial charge < -0.3 is 20.8 Å². The highest BCUT2D eigenvalue weighted by Crippen LogP contribution is 1.93. The number of carbonyl (C=O) groups excluding carboxylic acids is 1. The van der Waals surface area contributed by atoms with Gasteiger partial charge in [0.05, 0.1) is 0 Å². The van der Waals surface area contributed by atoms with Gasteiger partial charge in [-0.15, -0.1) is 0 Å². The summed E-state index contributed by atoms with van der Waals surface area (Å²) in [4.78, 5) is 30.7. The van der Waals surface area contributed by atoms with Crippen molar-refractivity contribution in [2.45, 2.75) is 18.9 Å². The highest BCUT2D eigenvalue weighted by atomic mass is 16.4. The quantitative estimate of drug-likeness (QED) is 0.509. The number of hydrogen-bond donors (Lipinski definition) is 3. The van der Waals surface area contributed by atoms with E-state index in [1.165, 1.54) is 4.90 Å². The molecule has 1 atom stereocenters. The number of carboxylic acids is 2. The first-order valence-corrected chi connectivity index (χ1v) is 4.13. The molecule has 0 aliphatic carbocycles. The molecule has 0 saturated carbocycles. The van der Waals surface area contributed by atoms with Crippen molar-refractivity contribution in [3.8, 4) is 0 Å². The standard InChI is InChI=1S/C5H9NO4.C3H7NO/c6-3(5(9)10)1-2-4(7)8;1-4(2)3-5/h3H,1-2,6H2,(H,7,8)(H,9,10);3H,1-2H3/t3-;/m0./s1. The van der Waals surface area contributed by atoms with E-state index in [0.717, 1.165) is 6.41 Å². The molecule has 0 aromatic carbocycles. The number of nitrogens with zero attached hydrogens (tertiary/aromatic N) is 1. The molecule has 0 spiro atoms. The Balaban J connectivity index is 0. The number of carbonyl (C=O) groups is 3. The summed E-state index contributed by atoms with van der Waals surface area (Å²) in [5, 5.41) is 16.3. The van der Waals surface area contributed by atoms with Crippen LogP contribution in [0.3, 0.4) is 0 Å². The third-order valence-corrected chi connectivity index (χ3v) is 1.20. The molecule has 0 saturated heterocycles. The van der Waals surface area contributed by atoms with E-state index in [-0.39, 0.29) is 12.8 Å². The van der Waals surface area contributed by atoms with Crippen molar-refractivity contribution < 1.29 is 24.6 Å². The van der Waals surface area contributed by atoms with Crippen LogP contribution in [0.4, 0.5) is 0 Å². The van der Waals surface area contributed by atoms with Crippen LogP contribution in [-0.2, 0) is 14.4 Å². The lowest BCUT2D eigenvalue weighted by Crippen LogP contribution is -2.30. The summed E-state index contributed by atoms with van der Waals surface area (Å²) in [6.45, 7) is 0. The van der Waals surface area contributed by atoms with E-state index in [1.807, 2.05) is 0 Å². The van der Waals surface area contributed by atoms with Gasteiger partial charge in [0.15, 0.2) is 0 Å². The minimum atomic E-state index is -1.17. The van der Waals surface area contributed by atoms with Crippen LogP contribution in [0, 0.1) is 0 Å². The van der Waals surface area contributed by atoms with E-state index in [1.54, 1.807) is 14.1 Å². The molecule has 1 amide bonds. The van der Waals surface area contributed by atoms with E-state index in [4.69, 9.17) is 15.9 Å². The molecule has 0 aromatic heterocycles. The highest BCUT2D eigenvalue weighted by Gasteiger charge is 2.12. The van der Waals surface area contributed by atoms with Crippen molar-refractivity contribution in [3.63, 3.8) is 0 Å². The van der Waals surface area contributed by atoms with Gasteiger partial charge in [-0.1, -0.05) is 0 Å². The smallest absolute Gasteiger partial charge is 0.320 e. The Kier molecular flexibility index (Phi) is 9.44. The van der Waals surface area contributed by atoms with Gasteiger partial charge in [0, 0.05) is 20.5 Å². The van der Waals surface area contributed by atoms with E-state index in [9.17, 15) is 14.4 Å². The average molecular weight is 220 g/mol. The lowest BCUT2D eigenvalue weighted by atomic mass is 10.2. The summed E-state index contributed by atoms with van der Waals surface area (Å²) in [6.07, 6.45) is 0.526. The zero-order valence-corrected chi connectivity index (χ0v) is 8.71. The van der Waals surface area contributed by atoms with E-state index in [2.05, 4.69) is 0 Å².